The highest BCUT2D eigenvalue weighted by atomic mass is 127. The van der Waals surface area contributed by atoms with Crippen molar-refractivity contribution in [2.45, 2.75) is 57.5 Å². The molecule has 0 aromatic carbocycles. The molecule has 23 heavy (non-hydrogen) atoms. The summed E-state index contributed by atoms with van der Waals surface area (Å²) in [4.78, 5) is 8.72. The monoisotopic (exact) mass is 430 g/mol. The van der Waals surface area contributed by atoms with Gasteiger partial charge in [0.25, 0.3) is 0 Å². The minimum absolute atomic E-state index is 0. The van der Waals surface area contributed by atoms with Crippen LogP contribution in [0.3, 0.4) is 0 Å². The molecule has 2 saturated carbocycles. The molecule has 5 nitrogen and oxygen atoms in total. The van der Waals surface area contributed by atoms with E-state index in [4.69, 9.17) is 10.5 Å². The van der Waals surface area contributed by atoms with Crippen molar-refractivity contribution < 1.29 is 4.74 Å². The zero-order valence-electron chi connectivity index (χ0n) is 13.5. The van der Waals surface area contributed by atoms with Gasteiger partial charge >= 0.3 is 0 Å². The van der Waals surface area contributed by atoms with Gasteiger partial charge in [0, 0.05) is 18.3 Å². The lowest BCUT2D eigenvalue weighted by Crippen LogP contribution is -2.41. The number of pyridine rings is 1. The van der Waals surface area contributed by atoms with E-state index in [1.165, 1.54) is 44.9 Å². The maximum atomic E-state index is 5.96. The molecule has 2 aliphatic rings. The van der Waals surface area contributed by atoms with Gasteiger partial charge in [0.2, 0.25) is 5.88 Å². The summed E-state index contributed by atoms with van der Waals surface area (Å²) >= 11 is 0. The molecule has 0 atom stereocenters. The first-order chi connectivity index (χ1) is 10.8. The Balaban J connectivity index is 0.00000192. The van der Waals surface area contributed by atoms with E-state index in [1.807, 2.05) is 18.3 Å². The van der Waals surface area contributed by atoms with E-state index in [0.29, 0.717) is 24.4 Å². The second-order valence-corrected chi connectivity index (χ2v) is 6.44. The molecule has 1 heterocycles. The van der Waals surface area contributed by atoms with Crippen LogP contribution in [0.1, 0.15) is 50.5 Å². The van der Waals surface area contributed by atoms with Gasteiger partial charge in [0.15, 0.2) is 5.96 Å². The third-order valence-electron chi connectivity index (χ3n) is 4.35. The van der Waals surface area contributed by atoms with Crippen molar-refractivity contribution in [2.75, 3.05) is 6.61 Å². The van der Waals surface area contributed by atoms with E-state index in [9.17, 15) is 0 Å². The number of rotatable bonds is 6. The van der Waals surface area contributed by atoms with Crippen LogP contribution < -0.4 is 15.8 Å². The number of hydrogen-bond acceptors (Lipinski definition) is 3. The third kappa shape index (κ3) is 6.53. The largest absolute Gasteiger partial charge is 0.477 e. The summed E-state index contributed by atoms with van der Waals surface area (Å²) in [6.07, 6.45) is 10.7. The predicted molar refractivity (Wildman–Crippen MR) is 103 cm³/mol. The molecule has 0 amide bonds. The lowest BCUT2D eigenvalue weighted by atomic mass is 9.96. The van der Waals surface area contributed by atoms with Crippen molar-refractivity contribution in [2.24, 2.45) is 16.6 Å². The predicted octanol–water partition coefficient (Wildman–Crippen LogP) is 3.23. The van der Waals surface area contributed by atoms with Crippen molar-refractivity contribution in [1.29, 1.82) is 0 Å². The maximum Gasteiger partial charge on any atom is 0.213 e. The van der Waals surface area contributed by atoms with E-state index in [-0.39, 0.29) is 24.0 Å². The highest BCUT2D eigenvalue weighted by Crippen LogP contribution is 2.29. The molecule has 1 aromatic rings. The number of nitrogens with zero attached hydrogens (tertiary/aromatic N) is 2. The molecule has 1 aromatic heterocycles. The summed E-state index contributed by atoms with van der Waals surface area (Å²) in [6, 6.07) is 4.42. The molecule has 2 aliphatic carbocycles. The quantitative estimate of drug-likeness (QED) is 0.413. The van der Waals surface area contributed by atoms with E-state index >= 15 is 0 Å². The zero-order chi connectivity index (χ0) is 15.2. The second-order valence-electron chi connectivity index (χ2n) is 6.44. The first-order valence-electron chi connectivity index (χ1n) is 8.44. The average molecular weight is 430 g/mol. The van der Waals surface area contributed by atoms with Crippen LogP contribution >= 0.6 is 24.0 Å². The topological polar surface area (TPSA) is 72.5 Å². The Hall–Kier alpha value is -1.05. The highest BCUT2D eigenvalue weighted by Gasteiger charge is 2.22. The average Bonchev–Trinajstić information content (AvgIpc) is 3.37. The minimum atomic E-state index is 0. The zero-order valence-corrected chi connectivity index (χ0v) is 15.9. The molecule has 3 rings (SSSR count). The Bertz CT molecular complexity index is 496. The molecule has 0 unspecified atom stereocenters. The number of nitrogens with two attached hydrogens (primary N) is 1. The van der Waals surface area contributed by atoms with Gasteiger partial charge in [-0.25, -0.2) is 9.98 Å². The standard InChI is InChI=1S/C17H26N4O.HI/c18-17(21-15-4-2-1-3-5-15)20-11-14-8-9-16(19-10-14)22-12-13-6-7-13;/h8-10,13,15H,1-7,11-12H2,(H3,18,20,21);1H. The van der Waals surface area contributed by atoms with Crippen molar-refractivity contribution in [3.8, 4) is 5.88 Å². The van der Waals surface area contributed by atoms with Crippen LogP contribution in [0.25, 0.3) is 0 Å². The Morgan fingerprint density at radius 2 is 2.00 bits per heavy atom. The Labute approximate surface area is 155 Å². The van der Waals surface area contributed by atoms with Gasteiger partial charge in [-0.05, 0) is 37.2 Å². The minimum Gasteiger partial charge on any atom is -0.477 e. The second kappa shape index (κ2) is 9.30. The molecule has 6 heteroatoms. The summed E-state index contributed by atoms with van der Waals surface area (Å²) in [5.74, 6) is 1.99. The molecule has 0 aliphatic heterocycles. The van der Waals surface area contributed by atoms with Gasteiger partial charge in [-0.15, -0.1) is 24.0 Å². The number of hydrogen-bond donors (Lipinski definition) is 2. The number of halogens is 1. The smallest absolute Gasteiger partial charge is 0.213 e. The lowest BCUT2D eigenvalue weighted by Gasteiger charge is -2.23. The van der Waals surface area contributed by atoms with Crippen molar-refractivity contribution >= 4 is 29.9 Å². The Morgan fingerprint density at radius 3 is 2.65 bits per heavy atom. The van der Waals surface area contributed by atoms with Gasteiger partial charge in [0.05, 0.1) is 13.2 Å². The van der Waals surface area contributed by atoms with Gasteiger partial charge in [-0.2, -0.15) is 0 Å². The summed E-state index contributed by atoms with van der Waals surface area (Å²) in [5, 5.41) is 3.32. The molecular weight excluding hydrogens is 403 g/mol. The fourth-order valence-electron chi connectivity index (χ4n) is 2.76. The van der Waals surface area contributed by atoms with Crippen LogP contribution in [0.15, 0.2) is 23.3 Å². The summed E-state index contributed by atoms with van der Waals surface area (Å²) in [7, 11) is 0. The Kier molecular flexibility index (Phi) is 7.39. The molecule has 2 fully saturated rings. The van der Waals surface area contributed by atoms with Crippen molar-refractivity contribution in [1.82, 2.24) is 10.3 Å². The molecule has 0 saturated heterocycles. The third-order valence-corrected chi connectivity index (χ3v) is 4.35. The molecule has 0 spiro atoms. The van der Waals surface area contributed by atoms with Crippen LogP contribution in [0.2, 0.25) is 0 Å². The molecule has 3 N–H and O–H groups in total. The fraction of sp³-hybridized carbons (Fsp3) is 0.647. The molecule has 0 radical (unpaired) electrons. The van der Waals surface area contributed by atoms with Crippen LogP contribution in [0.4, 0.5) is 0 Å². The van der Waals surface area contributed by atoms with E-state index < -0.39 is 0 Å². The van der Waals surface area contributed by atoms with Gasteiger partial charge < -0.3 is 15.8 Å². The summed E-state index contributed by atoms with van der Waals surface area (Å²) < 4.78 is 5.63. The molecule has 128 valence electrons. The maximum absolute atomic E-state index is 5.96. The fourth-order valence-corrected chi connectivity index (χ4v) is 2.76. The summed E-state index contributed by atoms with van der Waals surface area (Å²) in [5.41, 5.74) is 7.01. The number of guanidine groups is 1. The molecule has 0 bridgehead atoms. The van der Waals surface area contributed by atoms with E-state index in [0.717, 1.165) is 18.1 Å². The number of nitrogens with one attached hydrogen (secondary N) is 1. The summed E-state index contributed by atoms with van der Waals surface area (Å²) in [6.45, 7) is 1.35. The SMILES string of the molecule is I.NC(=NCc1ccc(OCC2CC2)nc1)NC1CCCCC1. The molecular formula is C17H27IN4O. The van der Waals surface area contributed by atoms with Crippen LogP contribution in [-0.2, 0) is 6.54 Å². The van der Waals surface area contributed by atoms with Crippen LogP contribution in [0, 0.1) is 5.92 Å². The first kappa shape index (κ1) is 18.3. The number of aromatic nitrogens is 1. The highest BCUT2D eigenvalue weighted by molar-refractivity contribution is 14.0. The van der Waals surface area contributed by atoms with Crippen LogP contribution in [-0.4, -0.2) is 23.6 Å². The van der Waals surface area contributed by atoms with Crippen molar-refractivity contribution in [3.05, 3.63) is 23.9 Å². The van der Waals surface area contributed by atoms with E-state index in [2.05, 4.69) is 15.3 Å². The Morgan fingerprint density at radius 1 is 1.22 bits per heavy atom. The first-order valence-corrected chi connectivity index (χ1v) is 8.44. The normalized spacial score (nSPS) is 19.0. The van der Waals surface area contributed by atoms with Gasteiger partial charge in [0.1, 0.15) is 0 Å². The van der Waals surface area contributed by atoms with Gasteiger partial charge in [-0.1, -0.05) is 25.3 Å². The van der Waals surface area contributed by atoms with E-state index in [1.54, 1.807) is 0 Å². The number of aliphatic imine (C=N–C) groups is 1. The van der Waals surface area contributed by atoms with Crippen molar-refractivity contribution in [3.63, 3.8) is 0 Å². The van der Waals surface area contributed by atoms with Crippen LogP contribution in [0.5, 0.6) is 5.88 Å². The lowest BCUT2D eigenvalue weighted by molar-refractivity contribution is 0.288. The van der Waals surface area contributed by atoms with Gasteiger partial charge in [-0.3, -0.25) is 0 Å². The number of ether oxygens (including phenoxy) is 1.